The number of carbonyl (C=O) groups excluding carboxylic acids is 1. The van der Waals surface area contributed by atoms with Crippen LogP contribution in [0, 0.1) is 11.3 Å². The average Bonchev–Trinajstić information content (AvgIpc) is 2.29. The van der Waals surface area contributed by atoms with Crippen LogP contribution in [0.3, 0.4) is 0 Å². The van der Waals surface area contributed by atoms with E-state index in [4.69, 9.17) is 0 Å². The van der Waals surface area contributed by atoms with Crippen LogP contribution in [0.2, 0.25) is 0 Å². The molecule has 1 amide bonds. The van der Waals surface area contributed by atoms with Gasteiger partial charge in [0.1, 0.15) is 0 Å². The minimum Gasteiger partial charge on any atom is -0.355 e. The van der Waals surface area contributed by atoms with Crippen molar-refractivity contribution in [2.24, 2.45) is 11.3 Å². The van der Waals surface area contributed by atoms with Gasteiger partial charge in [-0.15, -0.1) is 0 Å². The lowest BCUT2D eigenvalue weighted by Crippen LogP contribution is -2.46. The largest absolute Gasteiger partial charge is 0.355 e. The molecule has 3 nitrogen and oxygen atoms in total. The minimum absolute atomic E-state index is 0.195. The van der Waals surface area contributed by atoms with Crippen LogP contribution in [0.1, 0.15) is 46.5 Å². The molecule has 1 saturated heterocycles. The van der Waals surface area contributed by atoms with E-state index < -0.39 is 0 Å². The highest BCUT2D eigenvalue weighted by atomic mass is 16.1. The molecule has 0 aromatic heterocycles. The first-order valence-electron chi connectivity index (χ1n) is 6.59. The number of nitrogens with one attached hydrogen (secondary N) is 2. The van der Waals surface area contributed by atoms with Crippen LogP contribution in [0.4, 0.5) is 0 Å². The maximum Gasteiger partial charge on any atom is 0.223 e. The van der Waals surface area contributed by atoms with E-state index in [2.05, 4.69) is 31.4 Å². The van der Waals surface area contributed by atoms with Crippen LogP contribution in [0.5, 0.6) is 0 Å². The number of carbonyl (C=O) groups is 1. The van der Waals surface area contributed by atoms with Gasteiger partial charge in [0.2, 0.25) is 5.91 Å². The van der Waals surface area contributed by atoms with Crippen molar-refractivity contribution in [1.29, 1.82) is 0 Å². The number of hydrogen-bond donors (Lipinski definition) is 2. The van der Waals surface area contributed by atoms with Crippen LogP contribution in [-0.2, 0) is 4.79 Å². The second-order valence-electron chi connectivity index (χ2n) is 5.32. The highest BCUT2D eigenvalue weighted by Gasteiger charge is 2.27. The van der Waals surface area contributed by atoms with Gasteiger partial charge in [-0.25, -0.2) is 0 Å². The molecule has 0 radical (unpaired) electrons. The normalized spacial score (nSPS) is 25.8. The molecule has 0 aliphatic carbocycles. The first-order chi connectivity index (χ1) is 7.61. The topological polar surface area (TPSA) is 41.1 Å². The Morgan fingerprint density at radius 1 is 1.44 bits per heavy atom. The monoisotopic (exact) mass is 226 g/mol. The van der Waals surface area contributed by atoms with Crippen molar-refractivity contribution in [3.8, 4) is 0 Å². The highest BCUT2D eigenvalue weighted by molar-refractivity contribution is 5.78. The SMILES string of the molecule is CCC(CC)C(=O)NCC1(C)CCCNC1. The lowest BCUT2D eigenvalue weighted by Gasteiger charge is -2.34. The Balaban J connectivity index is 2.35. The van der Waals surface area contributed by atoms with Gasteiger partial charge in [-0.3, -0.25) is 4.79 Å². The number of hydrogen-bond acceptors (Lipinski definition) is 2. The summed E-state index contributed by atoms with van der Waals surface area (Å²) < 4.78 is 0. The maximum atomic E-state index is 11.9. The Labute approximate surface area is 99.4 Å². The van der Waals surface area contributed by atoms with Gasteiger partial charge in [-0.1, -0.05) is 20.8 Å². The Hall–Kier alpha value is -0.570. The van der Waals surface area contributed by atoms with Gasteiger partial charge >= 0.3 is 0 Å². The molecule has 1 unspecified atom stereocenters. The second-order valence-corrected chi connectivity index (χ2v) is 5.32. The second kappa shape index (κ2) is 6.24. The minimum atomic E-state index is 0.195. The molecule has 0 saturated carbocycles. The predicted octanol–water partition coefficient (Wildman–Crippen LogP) is 1.93. The molecule has 3 heteroatoms. The van der Waals surface area contributed by atoms with Gasteiger partial charge in [0.05, 0.1) is 0 Å². The molecule has 0 bridgehead atoms. The molecule has 94 valence electrons. The van der Waals surface area contributed by atoms with Crippen molar-refractivity contribution in [2.45, 2.75) is 46.5 Å². The highest BCUT2D eigenvalue weighted by Crippen LogP contribution is 2.24. The maximum absolute atomic E-state index is 11.9. The van der Waals surface area contributed by atoms with E-state index in [0.717, 1.165) is 32.5 Å². The summed E-state index contributed by atoms with van der Waals surface area (Å²) in [4.78, 5) is 11.9. The summed E-state index contributed by atoms with van der Waals surface area (Å²) in [6.45, 7) is 9.38. The van der Waals surface area contributed by atoms with Crippen LogP contribution in [-0.4, -0.2) is 25.5 Å². The van der Waals surface area contributed by atoms with E-state index in [1.165, 1.54) is 12.8 Å². The molecule has 0 aromatic carbocycles. The molecule has 1 fully saturated rings. The Bertz CT molecular complexity index is 218. The Morgan fingerprint density at radius 2 is 2.12 bits per heavy atom. The fourth-order valence-corrected chi connectivity index (χ4v) is 2.37. The van der Waals surface area contributed by atoms with E-state index >= 15 is 0 Å². The van der Waals surface area contributed by atoms with Gasteiger partial charge < -0.3 is 10.6 Å². The fourth-order valence-electron chi connectivity index (χ4n) is 2.37. The Kier molecular flexibility index (Phi) is 5.26. The average molecular weight is 226 g/mol. The van der Waals surface area contributed by atoms with Crippen molar-refractivity contribution < 1.29 is 4.79 Å². The summed E-state index contributed by atoms with van der Waals surface area (Å²) in [5.74, 6) is 0.428. The molecular formula is C13H26N2O. The Morgan fingerprint density at radius 3 is 2.62 bits per heavy atom. The van der Waals surface area contributed by atoms with Crippen molar-refractivity contribution in [3.05, 3.63) is 0 Å². The molecule has 16 heavy (non-hydrogen) atoms. The van der Waals surface area contributed by atoms with Gasteiger partial charge in [0.25, 0.3) is 0 Å². The molecule has 2 N–H and O–H groups in total. The summed E-state index contributed by atoms with van der Waals surface area (Å²) in [7, 11) is 0. The summed E-state index contributed by atoms with van der Waals surface area (Å²) in [5.41, 5.74) is 0.250. The van der Waals surface area contributed by atoms with Crippen LogP contribution < -0.4 is 10.6 Å². The smallest absolute Gasteiger partial charge is 0.223 e. The van der Waals surface area contributed by atoms with Gasteiger partial charge in [-0.2, -0.15) is 0 Å². The summed E-state index contributed by atoms with van der Waals surface area (Å²) in [5, 5.41) is 6.52. The molecule has 1 aliphatic heterocycles. The van der Waals surface area contributed by atoms with E-state index in [-0.39, 0.29) is 17.2 Å². The summed E-state index contributed by atoms with van der Waals surface area (Å²) in [6, 6.07) is 0. The zero-order valence-electron chi connectivity index (χ0n) is 10.9. The first kappa shape index (κ1) is 13.5. The molecule has 1 heterocycles. The predicted molar refractivity (Wildman–Crippen MR) is 67.3 cm³/mol. The van der Waals surface area contributed by atoms with E-state index in [9.17, 15) is 4.79 Å². The summed E-state index contributed by atoms with van der Waals surface area (Å²) in [6.07, 6.45) is 4.31. The van der Waals surface area contributed by atoms with E-state index in [1.54, 1.807) is 0 Å². The van der Waals surface area contributed by atoms with Gasteiger partial charge in [-0.05, 0) is 37.6 Å². The summed E-state index contributed by atoms with van der Waals surface area (Å²) >= 11 is 0. The van der Waals surface area contributed by atoms with Crippen molar-refractivity contribution >= 4 is 5.91 Å². The molecule has 1 rings (SSSR count). The standard InChI is InChI=1S/C13H26N2O/c1-4-11(5-2)12(16)15-10-13(3)7-6-8-14-9-13/h11,14H,4-10H2,1-3H3,(H,15,16). The molecule has 0 aromatic rings. The van der Waals surface area contributed by atoms with Crippen LogP contribution in [0.25, 0.3) is 0 Å². The van der Waals surface area contributed by atoms with Gasteiger partial charge in [0, 0.05) is 19.0 Å². The van der Waals surface area contributed by atoms with Crippen molar-refractivity contribution in [3.63, 3.8) is 0 Å². The molecule has 1 aliphatic rings. The van der Waals surface area contributed by atoms with Crippen molar-refractivity contribution in [1.82, 2.24) is 10.6 Å². The van der Waals surface area contributed by atoms with Crippen molar-refractivity contribution in [2.75, 3.05) is 19.6 Å². The number of piperidine rings is 1. The van der Waals surface area contributed by atoms with Crippen LogP contribution >= 0.6 is 0 Å². The van der Waals surface area contributed by atoms with E-state index in [0.29, 0.717) is 0 Å². The molecule has 1 atom stereocenters. The van der Waals surface area contributed by atoms with E-state index in [1.807, 2.05) is 0 Å². The first-order valence-corrected chi connectivity index (χ1v) is 6.59. The zero-order valence-corrected chi connectivity index (χ0v) is 10.9. The molecular weight excluding hydrogens is 200 g/mol. The molecule has 0 spiro atoms. The number of amides is 1. The lowest BCUT2D eigenvalue weighted by atomic mass is 9.82. The third-order valence-electron chi connectivity index (χ3n) is 3.73. The van der Waals surface area contributed by atoms with Crippen LogP contribution in [0.15, 0.2) is 0 Å². The zero-order chi connectivity index (χ0) is 12.0. The fraction of sp³-hybridized carbons (Fsp3) is 0.923. The van der Waals surface area contributed by atoms with Gasteiger partial charge in [0.15, 0.2) is 0 Å². The lowest BCUT2D eigenvalue weighted by molar-refractivity contribution is -0.125. The quantitative estimate of drug-likeness (QED) is 0.752. The third kappa shape index (κ3) is 3.78. The third-order valence-corrected chi connectivity index (χ3v) is 3.73. The number of rotatable bonds is 5.